The summed E-state index contributed by atoms with van der Waals surface area (Å²) in [7, 11) is 0. The molecule has 1 amide bonds. The van der Waals surface area contributed by atoms with Crippen molar-refractivity contribution >= 4 is 5.91 Å². The molecule has 6 nitrogen and oxygen atoms in total. The summed E-state index contributed by atoms with van der Waals surface area (Å²) >= 11 is 0. The van der Waals surface area contributed by atoms with Gasteiger partial charge in [0.05, 0.1) is 13.2 Å². The fraction of sp³-hybridized carbons (Fsp3) is 0.647. The molecule has 0 bridgehead atoms. The van der Waals surface area contributed by atoms with Gasteiger partial charge in [-0.15, -0.1) is 0 Å². The standard InChI is InChI=1S/C17H25N3O3/c21-16(15-5-4-8-20(22)13-15)18-14-17(6-2-1-3-7-17)19-9-11-23-12-10-19/h4-5,8,13H,1-3,6-7,9-12,14H2,(H,18,21). The molecular formula is C17H25N3O3. The maximum atomic E-state index is 12.4. The van der Waals surface area contributed by atoms with Crippen LogP contribution >= 0.6 is 0 Å². The summed E-state index contributed by atoms with van der Waals surface area (Å²) in [6, 6.07) is 3.27. The van der Waals surface area contributed by atoms with Crippen LogP contribution in [0.25, 0.3) is 0 Å². The number of hydrogen-bond acceptors (Lipinski definition) is 4. The van der Waals surface area contributed by atoms with Crippen molar-refractivity contribution in [3.8, 4) is 0 Å². The first-order valence-corrected chi connectivity index (χ1v) is 8.49. The first-order chi connectivity index (χ1) is 11.2. The second-order valence-corrected chi connectivity index (χ2v) is 6.52. The van der Waals surface area contributed by atoms with Crippen molar-refractivity contribution in [1.29, 1.82) is 0 Å². The first-order valence-electron chi connectivity index (χ1n) is 8.49. The van der Waals surface area contributed by atoms with E-state index in [1.807, 2.05) is 0 Å². The molecule has 2 aliphatic rings. The normalized spacial score (nSPS) is 21.7. The van der Waals surface area contributed by atoms with Gasteiger partial charge in [0.1, 0.15) is 5.56 Å². The number of ether oxygens (including phenoxy) is 1. The van der Waals surface area contributed by atoms with Gasteiger partial charge < -0.3 is 15.3 Å². The van der Waals surface area contributed by atoms with Gasteiger partial charge in [0.25, 0.3) is 5.91 Å². The van der Waals surface area contributed by atoms with Gasteiger partial charge in [0.2, 0.25) is 0 Å². The Hall–Kier alpha value is -1.66. The Morgan fingerprint density at radius 3 is 2.74 bits per heavy atom. The molecule has 1 saturated carbocycles. The van der Waals surface area contributed by atoms with E-state index in [2.05, 4.69) is 10.2 Å². The summed E-state index contributed by atoms with van der Waals surface area (Å²) < 4.78 is 6.14. The lowest BCUT2D eigenvalue weighted by atomic mass is 9.79. The van der Waals surface area contributed by atoms with Crippen molar-refractivity contribution in [1.82, 2.24) is 10.2 Å². The number of nitrogens with zero attached hydrogens (tertiary/aromatic N) is 2. The second kappa shape index (κ2) is 7.27. The van der Waals surface area contributed by atoms with Crippen LogP contribution in [0, 0.1) is 5.21 Å². The lowest BCUT2D eigenvalue weighted by Gasteiger charge is -2.48. The van der Waals surface area contributed by atoms with Gasteiger partial charge in [-0.05, 0) is 18.9 Å². The molecule has 23 heavy (non-hydrogen) atoms. The Kier molecular flexibility index (Phi) is 5.13. The van der Waals surface area contributed by atoms with E-state index in [9.17, 15) is 10.0 Å². The molecule has 1 aliphatic heterocycles. The Labute approximate surface area is 137 Å². The molecule has 2 heterocycles. The van der Waals surface area contributed by atoms with Gasteiger partial charge in [-0.2, -0.15) is 4.73 Å². The van der Waals surface area contributed by atoms with Crippen molar-refractivity contribution in [3.63, 3.8) is 0 Å². The molecule has 0 aromatic carbocycles. The molecule has 1 aromatic rings. The molecule has 126 valence electrons. The average Bonchev–Trinajstić information content (AvgIpc) is 2.61. The maximum absolute atomic E-state index is 12.4. The third-order valence-corrected chi connectivity index (χ3v) is 5.08. The first kappa shape index (κ1) is 16.2. The number of carbonyl (C=O) groups is 1. The van der Waals surface area contributed by atoms with Crippen molar-refractivity contribution in [2.45, 2.75) is 37.6 Å². The van der Waals surface area contributed by atoms with Gasteiger partial charge in [-0.3, -0.25) is 9.69 Å². The second-order valence-electron chi connectivity index (χ2n) is 6.52. The van der Waals surface area contributed by atoms with E-state index in [1.165, 1.54) is 31.7 Å². The Balaban J connectivity index is 1.67. The fourth-order valence-electron chi connectivity index (χ4n) is 3.79. The van der Waals surface area contributed by atoms with E-state index in [0.717, 1.165) is 39.1 Å². The van der Waals surface area contributed by atoms with Gasteiger partial charge in [-0.25, -0.2) is 0 Å². The maximum Gasteiger partial charge on any atom is 0.257 e. The van der Waals surface area contributed by atoms with E-state index in [4.69, 9.17) is 4.74 Å². The minimum atomic E-state index is -0.173. The van der Waals surface area contributed by atoms with Crippen LogP contribution in [-0.2, 0) is 4.74 Å². The van der Waals surface area contributed by atoms with Gasteiger partial charge >= 0.3 is 0 Å². The monoisotopic (exact) mass is 319 g/mol. The van der Waals surface area contributed by atoms with Crippen molar-refractivity contribution in [2.24, 2.45) is 0 Å². The van der Waals surface area contributed by atoms with Crippen LogP contribution in [0.2, 0.25) is 0 Å². The number of morpholine rings is 1. The Morgan fingerprint density at radius 2 is 2.04 bits per heavy atom. The van der Waals surface area contributed by atoms with E-state index < -0.39 is 0 Å². The number of rotatable bonds is 4. The van der Waals surface area contributed by atoms with Crippen molar-refractivity contribution < 1.29 is 14.3 Å². The molecule has 1 saturated heterocycles. The molecule has 3 rings (SSSR count). The third-order valence-electron chi connectivity index (χ3n) is 5.08. The molecule has 1 N–H and O–H groups in total. The van der Waals surface area contributed by atoms with Crippen molar-refractivity contribution in [3.05, 3.63) is 35.3 Å². The summed E-state index contributed by atoms with van der Waals surface area (Å²) in [6.45, 7) is 4.04. The van der Waals surface area contributed by atoms with Gasteiger partial charge in [0.15, 0.2) is 12.4 Å². The lowest BCUT2D eigenvalue weighted by Crippen LogP contribution is -2.59. The van der Waals surface area contributed by atoms with Gasteiger partial charge in [-0.1, -0.05) is 19.3 Å². The molecule has 0 radical (unpaired) electrons. The van der Waals surface area contributed by atoms with Gasteiger partial charge in [0, 0.05) is 31.2 Å². The van der Waals surface area contributed by atoms with E-state index in [1.54, 1.807) is 12.1 Å². The largest absolute Gasteiger partial charge is 0.619 e. The minimum Gasteiger partial charge on any atom is -0.619 e. The number of pyridine rings is 1. The molecule has 0 unspecified atom stereocenters. The zero-order chi connectivity index (χ0) is 16.1. The Bertz CT molecular complexity index is 538. The molecule has 0 spiro atoms. The third kappa shape index (κ3) is 3.82. The quantitative estimate of drug-likeness (QED) is 0.666. The zero-order valence-corrected chi connectivity index (χ0v) is 13.5. The molecule has 0 atom stereocenters. The van der Waals surface area contributed by atoms with E-state index >= 15 is 0 Å². The highest BCUT2D eigenvalue weighted by Crippen LogP contribution is 2.33. The number of nitrogens with one attached hydrogen (secondary N) is 1. The number of amides is 1. The lowest BCUT2D eigenvalue weighted by molar-refractivity contribution is -0.605. The summed E-state index contributed by atoms with van der Waals surface area (Å²) in [6.07, 6.45) is 8.62. The van der Waals surface area contributed by atoms with Crippen molar-refractivity contribution in [2.75, 3.05) is 32.8 Å². The van der Waals surface area contributed by atoms with Crippen LogP contribution in [-0.4, -0.2) is 49.2 Å². The topological polar surface area (TPSA) is 68.5 Å². The van der Waals surface area contributed by atoms with E-state index in [0.29, 0.717) is 16.8 Å². The van der Waals surface area contributed by atoms with Crippen LogP contribution in [0.1, 0.15) is 42.5 Å². The highest BCUT2D eigenvalue weighted by Gasteiger charge is 2.38. The molecule has 6 heteroatoms. The number of carbonyl (C=O) groups excluding carboxylic acids is 1. The van der Waals surface area contributed by atoms with Crippen LogP contribution < -0.4 is 10.0 Å². The molecule has 1 aromatic heterocycles. The van der Waals surface area contributed by atoms with Crippen LogP contribution in [0.4, 0.5) is 0 Å². The van der Waals surface area contributed by atoms with Crippen LogP contribution in [0.3, 0.4) is 0 Å². The molecule has 2 fully saturated rings. The number of hydrogen-bond donors (Lipinski definition) is 1. The number of aromatic nitrogens is 1. The predicted octanol–water partition coefficient (Wildman–Crippen LogP) is 1.08. The summed E-state index contributed by atoms with van der Waals surface area (Å²) in [5, 5.41) is 14.4. The SMILES string of the molecule is O=C(NCC1(N2CCOCC2)CCCCC1)c1ccc[n+]([O-])c1. The summed E-state index contributed by atoms with van der Waals surface area (Å²) in [5.41, 5.74) is 0.454. The average molecular weight is 319 g/mol. The predicted molar refractivity (Wildman–Crippen MR) is 85.9 cm³/mol. The zero-order valence-electron chi connectivity index (χ0n) is 13.5. The highest BCUT2D eigenvalue weighted by molar-refractivity contribution is 5.93. The summed E-state index contributed by atoms with van der Waals surface area (Å²) in [5.74, 6) is -0.173. The Morgan fingerprint density at radius 1 is 1.30 bits per heavy atom. The van der Waals surface area contributed by atoms with E-state index in [-0.39, 0.29) is 11.4 Å². The fourth-order valence-corrected chi connectivity index (χ4v) is 3.79. The van der Waals surface area contributed by atoms with Crippen LogP contribution in [0.5, 0.6) is 0 Å². The molecular weight excluding hydrogens is 294 g/mol. The minimum absolute atomic E-state index is 0.0416. The summed E-state index contributed by atoms with van der Waals surface area (Å²) in [4.78, 5) is 14.9. The smallest absolute Gasteiger partial charge is 0.257 e. The highest BCUT2D eigenvalue weighted by atomic mass is 16.5. The molecule has 1 aliphatic carbocycles. The van der Waals surface area contributed by atoms with Crippen LogP contribution in [0.15, 0.2) is 24.5 Å².